The van der Waals surface area contributed by atoms with Gasteiger partial charge in [0, 0.05) is 0 Å². The summed E-state index contributed by atoms with van der Waals surface area (Å²) in [6.45, 7) is 2.24. The van der Waals surface area contributed by atoms with Crippen LogP contribution in [0.2, 0.25) is 0 Å². The molecule has 1 rings (SSSR count). The van der Waals surface area contributed by atoms with E-state index in [4.69, 9.17) is 0 Å². The van der Waals surface area contributed by atoms with Crippen LogP contribution in [0.4, 0.5) is 0 Å². The van der Waals surface area contributed by atoms with Gasteiger partial charge in [-0.1, -0.05) is 89.3 Å². The Bertz CT molecular complexity index is 529. The fourth-order valence-electron chi connectivity index (χ4n) is 2.94. The summed E-state index contributed by atoms with van der Waals surface area (Å²) in [7, 11) is -4.10. The molecule has 0 heterocycles. The molecule has 0 aliphatic rings. The minimum absolute atomic E-state index is 0. The topological polar surface area (TPSA) is 54.4 Å². The molecule has 0 aliphatic carbocycles. The van der Waals surface area contributed by atoms with Crippen molar-refractivity contribution in [2.24, 2.45) is 0 Å². The molecular formula is C19H34CaO3S. The Labute approximate surface area is 178 Å². The normalized spacial score (nSPS) is 11.2. The predicted molar refractivity (Wildman–Crippen MR) is 105 cm³/mol. The maximum atomic E-state index is 11.3. The summed E-state index contributed by atoms with van der Waals surface area (Å²) in [4.78, 5) is 0.0621. The summed E-state index contributed by atoms with van der Waals surface area (Å²) >= 11 is 0. The van der Waals surface area contributed by atoms with E-state index in [0.717, 1.165) is 18.4 Å². The van der Waals surface area contributed by atoms with Crippen molar-refractivity contribution < 1.29 is 13.0 Å². The van der Waals surface area contributed by atoms with Crippen LogP contribution in [0.25, 0.3) is 0 Å². The average molecular weight is 383 g/mol. The maximum absolute atomic E-state index is 11.3. The zero-order valence-electron chi connectivity index (χ0n) is 14.5. The molecule has 1 aromatic carbocycles. The number of unbranched alkanes of at least 4 members (excludes halogenated alkanes) is 10. The van der Waals surface area contributed by atoms with Gasteiger partial charge in [0.1, 0.15) is 0 Å². The molecule has 0 saturated carbocycles. The molecule has 24 heavy (non-hydrogen) atoms. The van der Waals surface area contributed by atoms with Gasteiger partial charge < -0.3 is 0 Å². The first-order valence-electron chi connectivity index (χ1n) is 9.11. The molecule has 136 valence electrons. The van der Waals surface area contributed by atoms with Gasteiger partial charge in [0.05, 0.1) is 4.90 Å². The Morgan fingerprint density at radius 1 is 0.792 bits per heavy atom. The van der Waals surface area contributed by atoms with Crippen LogP contribution in [0.5, 0.6) is 0 Å². The van der Waals surface area contributed by atoms with Crippen molar-refractivity contribution in [1.29, 1.82) is 0 Å². The second kappa shape index (κ2) is 14.5. The standard InChI is InChI=1S/C19H32O3S.Ca.2H/c1-2-3-4-5-6-7-8-9-10-11-12-15-18-16-13-14-17-19(18)23(20,21)22;;;/h13-14,16-17H,2-12,15H2,1H3,(H,20,21,22);;;. The van der Waals surface area contributed by atoms with E-state index < -0.39 is 10.1 Å². The van der Waals surface area contributed by atoms with Crippen molar-refractivity contribution in [2.75, 3.05) is 0 Å². The Hall–Kier alpha value is 0.390. The van der Waals surface area contributed by atoms with E-state index in [0.29, 0.717) is 6.42 Å². The summed E-state index contributed by atoms with van der Waals surface area (Å²) in [6, 6.07) is 6.73. The molecule has 0 spiro atoms. The second-order valence-corrected chi connectivity index (χ2v) is 7.76. The molecule has 0 fully saturated rings. The third-order valence-electron chi connectivity index (χ3n) is 4.30. The van der Waals surface area contributed by atoms with Gasteiger partial charge in [-0.25, -0.2) is 0 Å². The Morgan fingerprint density at radius 2 is 1.25 bits per heavy atom. The number of aryl methyl sites for hydroxylation is 1. The van der Waals surface area contributed by atoms with Gasteiger partial charge in [-0.2, -0.15) is 8.42 Å². The van der Waals surface area contributed by atoms with Gasteiger partial charge >= 0.3 is 37.7 Å². The quantitative estimate of drug-likeness (QED) is 0.301. The van der Waals surface area contributed by atoms with Gasteiger partial charge in [0.25, 0.3) is 10.1 Å². The number of benzene rings is 1. The summed E-state index contributed by atoms with van der Waals surface area (Å²) in [5, 5.41) is 0. The molecule has 5 heteroatoms. The molecule has 0 unspecified atom stereocenters. The SMILES string of the molecule is CCCCCCCCCCCCCc1ccccc1S(=O)(=O)O.[CaH2]. The molecular weight excluding hydrogens is 348 g/mol. The molecule has 1 N–H and O–H groups in total. The summed E-state index contributed by atoms with van der Waals surface area (Å²) < 4.78 is 31.8. The molecule has 0 atom stereocenters. The van der Waals surface area contributed by atoms with Gasteiger partial charge in [-0.3, -0.25) is 4.55 Å². The molecule has 0 aromatic heterocycles. The molecule has 0 radical (unpaired) electrons. The van der Waals surface area contributed by atoms with Crippen molar-refractivity contribution in [3.63, 3.8) is 0 Å². The molecule has 0 bridgehead atoms. The Balaban J connectivity index is 0.00000529. The van der Waals surface area contributed by atoms with Crippen molar-refractivity contribution in [2.45, 2.75) is 88.9 Å². The molecule has 3 nitrogen and oxygen atoms in total. The van der Waals surface area contributed by atoms with Gasteiger partial charge in [0.2, 0.25) is 0 Å². The monoisotopic (exact) mass is 382 g/mol. The zero-order valence-corrected chi connectivity index (χ0v) is 15.3. The summed E-state index contributed by atoms with van der Waals surface area (Å²) in [5.41, 5.74) is 0.728. The first-order valence-corrected chi connectivity index (χ1v) is 10.5. The minimum atomic E-state index is -4.10. The van der Waals surface area contributed by atoms with Crippen LogP contribution in [-0.2, 0) is 16.5 Å². The number of hydrogen-bond acceptors (Lipinski definition) is 2. The van der Waals surface area contributed by atoms with Crippen LogP contribution < -0.4 is 0 Å². The average Bonchev–Trinajstić information content (AvgIpc) is 2.52. The van der Waals surface area contributed by atoms with Crippen LogP contribution in [0.1, 0.15) is 83.1 Å². The third kappa shape index (κ3) is 11.1. The molecule has 0 amide bonds. The second-order valence-electron chi connectivity index (χ2n) is 6.37. The van der Waals surface area contributed by atoms with E-state index in [2.05, 4.69) is 6.92 Å². The van der Waals surface area contributed by atoms with Gasteiger partial charge in [-0.05, 0) is 24.5 Å². The zero-order chi connectivity index (χ0) is 17.0. The Morgan fingerprint density at radius 3 is 1.75 bits per heavy atom. The molecule has 0 aliphatic heterocycles. The predicted octanol–water partition coefficient (Wildman–Crippen LogP) is 4.87. The van der Waals surface area contributed by atoms with E-state index >= 15 is 0 Å². The Kier molecular flexibility index (Phi) is 14.8. The van der Waals surface area contributed by atoms with Gasteiger partial charge in [-0.15, -0.1) is 0 Å². The van der Waals surface area contributed by atoms with Crippen LogP contribution in [0, 0.1) is 0 Å². The first kappa shape index (κ1) is 24.4. The van der Waals surface area contributed by atoms with E-state index in [9.17, 15) is 13.0 Å². The van der Waals surface area contributed by atoms with E-state index in [1.807, 2.05) is 6.07 Å². The summed E-state index contributed by atoms with van der Waals surface area (Å²) in [5.74, 6) is 0. The van der Waals surface area contributed by atoms with E-state index in [1.54, 1.807) is 12.1 Å². The fourth-order valence-corrected chi connectivity index (χ4v) is 3.69. The van der Waals surface area contributed by atoms with Crippen LogP contribution >= 0.6 is 0 Å². The molecule has 1 aromatic rings. The van der Waals surface area contributed by atoms with Crippen LogP contribution in [0.15, 0.2) is 29.2 Å². The van der Waals surface area contributed by atoms with Crippen LogP contribution in [-0.4, -0.2) is 50.7 Å². The van der Waals surface area contributed by atoms with Crippen molar-refractivity contribution in [3.8, 4) is 0 Å². The first-order chi connectivity index (χ1) is 11.1. The summed E-state index contributed by atoms with van der Waals surface area (Å²) in [6.07, 6.45) is 14.7. The van der Waals surface area contributed by atoms with E-state index in [1.165, 1.54) is 63.9 Å². The third-order valence-corrected chi connectivity index (χ3v) is 5.25. The number of hydrogen-bond donors (Lipinski definition) is 1. The van der Waals surface area contributed by atoms with Crippen molar-refractivity contribution in [1.82, 2.24) is 0 Å². The van der Waals surface area contributed by atoms with Crippen molar-refractivity contribution in [3.05, 3.63) is 29.8 Å². The van der Waals surface area contributed by atoms with Crippen molar-refractivity contribution >= 4 is 47.9 Å². The van der Waals surface area contributed by atoms with Gasteiger partial charge in [0.15, 0.2) is 0 Å². The van der Waals surface area contributed by atoms with Crippen LogP contribution in [0.3, 0.4) is 0 Å². The molecule has 0 saturated heterocycles. The fraction of sp³-hybridized carbons (Fsp3) is 0.684. The van der Waals surface area contributed by atoms with E-state index in [-0.39, 0.29) is 42.6 Å². The number of rotatable bonds is 13.